The highest BCUT2D eigenvalue weighted by molar-refractivity contribution is 5.76. The summed E-state index contributed by atoms with van der Waals surface area (Å²) in [5, 5.41) is 15.9. The molecule has 1 fully saturated rings. The third-order valence-electron chi connectivity index (χ3n) is 5.69. The average Bonchev–Trinajstić information content (AvgIpc) is 2.98. The minimum absolute atomic E-state index is 0.0716. The highest BCUT2D eigenvalue weighted by atomic mass is 19.4. The predicted molar refractivity (Wildman–Crippen MR) is 111 cm³/mol. The molecule has 166 valence electrons. The lowest BCUT2D eigenvalue weighted by Gasteiger charge is -2.37. The lowest BCUT2D eigenvalue weighted by Crippen LogP contribution is -2.65. The lowest BCUT2D eigenvalue weighted by molar-refractivity contribution is -0.127. The van der Waals surface area contributed by atoms with Crippen molar-refractivity contribution in [2.24, 2.45) is 0 Å². The van der Waals surface area contributed by atoms with Gasteiger partial charge in [-0.2, -0.15) is 13.2 Å². The zero-order valence-corrected chi connectivity index (χ0v) is 17.2. The van der Waals surface area contributed by atoms with Crippen LogP contribution in [0.15, 0.2) is 18.2 Å². The van der Waals surface area contributed by atoms with E-state index in [0.717, 1.165) is 49.4 Å². The third kappa shape index (κ3) is 5.46. The molecule has 1 saturated heterocycles. The van der Waals surface area contributed by atoms with Crippen LogP contribution in [0.2, 0.25) is 0 Å². The van der Waals surface area contributed by atoms with E-state index in [4.69, 9.17) is 4.74 Å². The Morgan fingerprint density at radius 3 is 2.90 bits per heavy atom. The number of halogens is 3. The summed E-state index contributed by atoms with van der Waals surface area (Å²) in [6, 6.07) is 4.26. The first kappa shape index (κ1) is 21.4. The van der Waals surface area contributed by atoms with E-state index in [1.807, 2.05) is 6.92 Å². The standard InChI is InChI=1S/C21H30F3N5O/c1-13-9-18(26-12-21(22,23)24)29-20(27-13)28-16-10-15-5-8-30-19(15)17(11-16)14-3-2-6-25-7-4-14/h4,10-11,13,18,20,25-29H,2-3,5-9,12H2,1H3. The molecule has 0 aromatic heterocycles. The van der Waals surface area contributed by atoms with Gasteiger partial charge in [-0.3, -0.25) is 16.0 Å². The van der Waals surface area contributed by atoms with Crippen LogP contribution in [0.4, 0.5) is 18.9 Å². The van der Waals surface area contributed by atoms with Crippen molar-refractivity contribution in [1.29, 1.82) is 0 Å². The first-order chi connectivity index (χ1) is 14.4. The smallest absolute Gasteiger partial charge is 0.401 e. The Bertz CT molecular complexity index is 783. The Morgan fingerprint density at radius 1 is 1.20 bits per heavy atom. The summed E-state index contributed by atoms with van der Waals surface area (Å²) in [6.07, 6.45) is 0.740. The van der Waals surface area contributed by atoms with E-state index in [1.165, 1.54) is 11.1 Å². The number of nitrogens with one attached hydrogen (secondary N) is 5. The van der Waals surface area contributed by atoms with Crippen LogP contribution in [0.3, 0.4) is 0 Å². The minimum atomic E-state index is -4.23. The second-order valence-electron chi connectivity index (χ2n) is 8.24. The maximum atomic E-state index is 12.6. The quantitative estimate of drug-likeness (QED) is 0.500. The van der Waals surface area contributed by atoms with Crippen LogP contribution in [0.5, 0.6) is 5.75 Å². The van der Waals surface area contributed by atoms with Gasteiger partial charge in [-0.05, 0) is 50.4 Å². The minimum Gasteiger partial charge on any atom is -0.492 e. The Morgan fingerprint density at radius 2 is 2.07 bits per heavy atom. The van der Waals surface area contributed by atoms with Crippen molar-refractivity contribution in [2.45, 2.75) is 57.3 Å². The molecule has 3 atom stereocenters. The largest absolute Gasteiger partial charge is 0.492 e. The van der Waals surface area contributed by atoms with Crippen molar-refractivity contribution in [3.8, 4) is 5.75 Å². The molecule has 0 saturated carbocycles. The number of rotatable bonds is 5. The van der Waals surface area contributed by atoms with Crippen LogP contribution < -0.4 is 31.3 Å². The number of hydrogen-bond donors (Lipinski definition) is 5. The molecular weight excluding hydrogens is 395 g/mol. The van der Waals surface area contributed by atoms with E-state index in [2.05, 4.69) is 44.8 Å². The molecule has 5 N–H and O–H groups in total. The first-order valence-electron chi connectivity index (χ1n) is 10.7. The normalized spacial score (nSPS) is 27.1. The van der Waals surface area contributed by atoms with E-state index in [0.29, 0.717) is 13.0 Å². The summed E-state index contributed by atoms with van der Waals surface area (Å²) < 4.78 is 43.7. The second-order valence-corrected chi connectivity index (χ2v) is 8.24. The van der Waals surface area contributed by atoms with Crippen molar-refractivity contribution >= 4 is 11.3 Å². The first-order valence-corrected chi connectivity index (χ1v) is 10.7. The van der Waals surface area contributed by atoms with E-state index >= 15 is 0 Å². The molecule has 0 bridgehead atoms. The van der Waals surface area contributed by atoms with Gasteiger partial charge in [0.05, 0.1) is 19.3 Å². The highest BCUT2D eigenvalue weighted by Crippen LogP contribution is 2.38. The van der Waals surface area contributed by atoms with Gasteiger partial charge in [-0.15, -0.1) is 0 Å². The summed E-state index contributed by atoms with van der Waals surface area (Å²) >= 11 is 0. The number of ether oxygens (including phenoxy) is 1. The Labute approximate surface area is 175 Å². The average molecular weight is 425 g/mol. The summed E-state index contributed by atoms with van der Waals surface area (Å²) in [5.41, 5.74) is 4.50. The summed E-state index contributed by atoms with van der Waals surface area (Å²) in [6.45, 7) is 3.49. The second kappa shape index (κ2) is 9.13. The zero-order chi connectivity index (χ0) is 21.1. The molecular formula is C21H30F3N5O. The molecule has 0 aliphatic carbocycles. The van der Waals surface area contributed by atoms with Crippen molar-refractivity contribution < 1.29 is 17.9 Å². The third-order valence-corrected chi connectivity index (χ3v) is 5.69. The van der Waals surface area contributed by atoms with Crippen LogP contribution >= 0.6 is 0 Å². The molecule has 3 unspecified atom stereocenters. The topological polar surface area (TPSA) is 69.4 Å². The van der Waals surface area contributed by atoms with Crippen LogP contribution in [0.25, 0.3) is 5.57 Å². The number of alkyl halides is 3. The molecule has 0 spiro atoms. The monoisotopic (exact) mass is 425 g/mol. The fraction of sp³-hybridized carbons (Fsp3) is 0.619. The summed E-state index contributed by atoms with van der Waals surface area (Å²) in [5.74, 6) is 0.969. The highest BCUT2D eigenvalue weighted by Gasteiger charge is 2.31. The van der Waals surface area contributed by atoms with Gasteiger partial charge in [-0.1, -0.05) is 6.08 Å². The van der Waals surface area contributed by atoms with Crippen LogP contribution in [0, 0.1) is 0 Å². The Kier molecular flexibility index (Phi) is 6.52. The SMILES string of the molecule is CC1CC(NCC(F)(F)F)NC(Nc2cc3c(c(C4=CCNCCC4)c2)OCC3)N1. The van der Waals surface area contributed by atoms with Crippen LogP contribution in [0.1, 0.15) is 37.3 Å². The maximum absolute atomic E-state index is 12.6. The number of hydrogen-bond acceptors (Lipinski definition) is 6. The van der Waals surface area contributed by atoms with Gasteiger partial charge < -0.3 is 15.4 Å². The molecule has 1 aromatic carbocycles. The molecule has 4 rings (SSSR count). The molecule has 3 heterocycles. The Hall–Kier alpha value is -1.81. The van der Waals surface area contributed by atoms with Crippen molar-refractivity contribution in [2.75, 3.05) is 31.6 Å². The molecule has 3 aliphatic heterocycles. The van der Waals surface area contributed by atoms with E-state index < -0.39 is 18.9 Å². The molecule has 3 aliphatic rings. The van der Waals surface area contributed by atoms with Gasteiger partial charge in [0.2, 0.25) is 0 Å². The number of anilines is 1. The number of fused-ring (bicyclic) bond motifs is 1. The van der Waals surface area contributed by atoms with Gasteiger partial charge in [0.25, 0.3) is 0 Å². The van der Waals surface area contributed by atoms with Gasteiger partial charge in [0.15, 0.2) is 0 Å². The fourth-order valence-electron chi connectivity index (χ4n) is 4.33. The van der Waals surface area contributed by atoms with E-state index in [9.17, 15) is 13.2 Å². The lowest BCUT2D eigenvalue weighted by atomic mass is 9.96. The Balaban J connectivity index is 1.50. The molecule has 9 heteroatoms. The van der Waals surface area contributed by atoms with Crippen molar-refractivity contribution in [3.05, 3.63) is 29.3 Å². The zero-order valence-electron chi connectivity index (χ0n) is 17.2. The molecule has 0 radical (unpaired) electrons. The number of benzene rings is 1. The molecule has 0 amide bonds. The van der Waals surface area contributed by atoms with Crippen molar-refractivity contribution in [3.63, 3.8) is 0 Å². The van der Waals surface area contributed by atoms with Gasteiger partial charge in [-0.25, -0.2) is 0 Å². The van der Waals surface area contributed by atoms with Gasteiger partial charge in [0, 0.05) is 35.8 Å². The van der Waals surface area contributed by atoms with Crippen molar-refractivity contribution in [1.82, 2.24) is 21.3 Å². The van der Waals surface area contributed by atoms with Crippen LogP contribution in [-0.2, 0) is 6.42 Å². The fourth-order valence-corrected chi connectivity index (χ4v) is 4.33. The van der Waals surface area contributed by atoms with Crippen LogP contribution in [-0.4, -0.2) is 50.9 Å². The molecule has 1 aromatic rings. The van der Waals surface area contributed by atoms with Gasteiger partial charge >= 0.3 is 6.18 Å². The number of allylic oxidation sites excluding steroid dienone is 1. The van der Waals surface area contributed by atoms with E-state index in [1.54, 1.807) is 0 Å². The maximum Gasteiger partial charge on any atom is 0.401 e. The summed E-state index contributed by atoms with van der Waals surface area (Å²) in [4.78, 5) is 0. The predicted octanol–water partition coefficient (Wildman–Crippen LogP) is 2.53. The summed E-state index contributed by atoms with van der Waals surface area (Å²) in [7, 11) is 0. The van der Waals surface area contributed by atoms with Gasteiger partial charge in [0.1, 0.15) is 12.0 Å². The molecule has 6 nitrogen and oxygen atoms in total. The molecule has 30 heavy (non-hydrogen) atoms. The van der Waals surface area contributed by atoms with E-state index in [-0.39, 0.29) is 12.3 Å².